The number of fused-ring (bicyclic) bond motifs is 1. The van der Waals surface area contributed by atoms with Crippen LogP contribution in [0.25, 0.3) is 10.2 Å². The van der Waals surface area contributed by atoms with Crippen LogP contribution in [0.4, 0.5) is 0 Å². The molecule has 1 atom stereocenters. The summed E-state index contributed by atoms with van der Waals surface area (Å²) in [5.74, 6) is 2.12. The smallest absolute Gasteiger partial charge is 0.305 e. The molecule has 4 N–H and O–H groups in total. The zero-order chi connectivity index (χ0) is 17.8. The summed E-state index contributed by atoms with van der Waals surface area (Å²) in [6, 6.07) is 7.35. The van der Waals surface area contributed by atoms with Crippen LogP contribution in [-0.2, 0) is 6.42 Å². The van der Waals surface area contributed by atoms with E-state index in [0.717, 1.165) is 71.6 Å². The normalized spacial score (nSPS) is 12.7. The Morgan fingerprint density at radius 3 is 2.76 bits per heavy atom. The highest BCUT2D eigenvalue weighted by Crippen LogP contribution is 2.32. The largest absolute Gasteiger partial charge is 0.506 e. The number of benzene rings is 1. The highest BCUT2D eigenvalue weighted by atomic mass is 32.1. The lowest BCUT2D eigenvalue weighted by Gasteiger charge is -2.13. The van der Waals surface area contributed by atoms with Crippen molar-refractivity contribution >= 4 is 21.6 Å². The summed E-state index contributed by atoms with van der Waals surface area (Å²) in [6.07, 6.45) is 6.28. The molecule has 2 aromatic heterocycles. The maximum absolute atomic E-state index is 11.6. The van der Waals surface area contributed by atoms with Gasteiger partial charge in [-0.15, -0.1) is 0 Å². The minimum Gasteiger partial charge on any atom is -0.506 e. The number of phenolic OH excluding ortho intramolecular Hbond substituents is 1. The van der Waals surface area contributed by atoms with E-state index < -0.39 is 0 Å². The lowest BCUT2D eigenvalue weighted by atomic mass is 10.00. The predicted molar refractivity (Wildman–Crippen MR) is 101 cm³/mol. The van der Waals surface area contributed by atoms with E-state index in [0.29, 0.717) is 5.52 Å². The molecule has 0 fully saturated rings. The van der Waals surface area contributed by atoms with Gasteiger partial charge < -0.3 is 20.2 Å². The van der Waals surface area contributed by atoms with Gasteiger partial charge in [0.15, 0.2) is 0 Å². The minimum absolute atomic E-state index is 0.0949. The van der Waals surface area contributed by atoms with Crippen LogP contribution in [0.1, 0.15) is 55.2 Å². The van der Waals surface area contributed by atoms with Crippen molar-refractivity contribution in [3.63, 3.8) is 0 Å². The van der Waals surface area contributed by atoms with Gasteiger partial charge in [-0.2, -0.15) is 0 Å². The van der Waals surface area contributed by atoms with E-state index in [9.17, 15) is 9.90 Å². The fourth-order valence-corrected chi connectivity index (χ4v) is 4.06. The Morgan fingerprint density at radius 1 is 1.20 bits per heavy atom. The maximum Gasteiger partial charge on any atom is 0.305 e. The van der Waals surface area contributed by atoms with E-state index in [-0.39, 0.29) is 16.7 Å². The second-order valence-corrected chi connectivity index (χ2v) is 7.45. The third-order valence-electron chi connectivity index (χ3n) is 4.47. The summed E-state index contributed by atoms with van der Waals surface area (Å²) in [4.78, 5) is 14.1. The first-order valence-corrected chi connectivity index (χ1v) is 9.52. The number of unbranched alkanes of at least 4 members (excludes halogenated alkanes) is 3. The maximum atomic E-state index is 11.6. The molecule has 1 unspecified atom stereocenters. The quantitative estimate of drug-likeness (QED) is 0.519. The molecule has 0 saturated carbocycles. The molecule has 0 amide bonds. The summed E-state index contributed by atoms with van der Waals surface area (Å²) in [5, 5.41) is 9.85. The van der Waals surface area contributed by atoms with Crippen LogP contribution in [0.15, 0.2) is 33.5 Å². The van der Waals surface area contributed by atoms with Crippen LogP contribution in [0.5, 0.6) is 5.75 Å². The van der Waals surface area contributed by atoms with Crippen LogP contribution in [-0.4, -0.2) is 10.1 Å². The first-order valence-electron chi connectivity index (χ1n) is 8.70. The molecule has 0 aliphatic rings. The van der Waals surface area contributed by atoms with E-state index in [1.54, 1.807) is 6.07 Å². The number of H-pyrrole nitrogens is 1. The Balaban J connectivity index is 1.47. The van der Waals surface area contributed by atoms with Gasteiger partial charge in [0.25, 0.3) is 0 Å². The molecular weight excluding hydrogens is 336 g/mol. The highest BCUT2D eigenvalue weighted by Gasteiger charge is 2.14. The van der Waals surface area contributed by atoms with Gasteiger partial charge in [-0.05, 0) is 43.5 Å². The molecule has 1 aromatic carbocycles. The molecule has 134 valence electrons. The van der Waals surface area contributed by atoms with Gasteiger partial charge in [0, 0.05) is 12.5 Å². The third-order valence-corrected chi connectivity index (χ3v) is 5.40. The minimum atomic E-state index is -0.168. The summed E-state index contributed by atoms with van der Waals surface area (Å²) >= 11 is 1.11. The van der Waals surface area contributed by atoms with Crippen molar-refractivity contribution in [1.29, 1.82) is 0 Å². The Morgan fingerprint density at radius 2 is 2.00 bits per heavy atom. The van der Waals surface area contributed by atoms with Crippen molar-refractivity contribution in [2.75, 3.05) is 0 Å². The monoisotopic (exact) mass is 360 g/mol. The molecule has 0 aliphatic heterocycles. The zero-order valence-electron chi connectivity index (χ0n) is 14.4. The third kappa shape index (κ3) is 4.32. The summed E-state index contributed by atoms with van der Waals surface area (Å²) in [5.41, 5.74) is 7.75. The Labute approximate surface area is 150 Å². The number of furan rings is 1. The number of rotatable bonds is 8. The van der Waals surface area contributed by atoms with Crippen LogP contribution in [0.2, 0.25) is 0 Å². The van der Waals surface area contributed by atoms with Crippen molar-refractivity contribution in [2.24, 2.45) is 5.73 Å². The van der Waals surface area contributed by atoms with E-state index in [1.807, 2.05) is 25.1 Å². The zero-order valence-corrected chi connectivity index (χ0v) is 15.2. The molecule has 0 aliphatic carbocycles. The first kappa shape index (κ1) is 17.8. The summed E-state index contributed by atoms with van der Waals surface area (Å²) in [7, 11) is 0. The van der Waals surface area contributed by atoms with Gasteiger partial charge in [-0.3, -0.25) is 4.79 Å². The van der Waals surface area contributed by atoms with Gasteiger partial charge in [0.2, 0.25) is 0 Å². The van der Waals surface area contributed by atoms with Crippen molar-refractivity contribution in [3.8, 4) is 5.75 Å². The highest BCUT2D eigenvalue weighted by molar-refractivity contribution is 7.16. The average molecular weight is 360 g/mol. The molecule has 0 radical (unpaired) electrons. The molecule has 0 saturated heterocycles. The second-order valence-electron chi connectivity index (χ2n) is 6.46. The molecule has 6 heteroatoms. The number of aromatic nitrogens is 1. The first-order chi connectivity index (χ1) is 12.0. The van der Waals surface area contributed by atoms with Crippen molar-refractivity contribution in [3.05, 3.63) is 51.0 Å². The number of hydrogen-bond acceptors (Lipinski definition) is 5. The second kappa shape index (κ2) is 7.89. The van der Waals surface area contributed by atoms with E-state index in [1.165, 1.54) is 0 Å². The van der Waals surface area contributed by atoms with Crippen molar-refractivity contribution < 1.29 is 9.52 Å². The fraction of sp³-hybridized carbons (Fsp3) is 0.421. The molecule has 3 aromatic rings. The number of aromatic hydroxyl groups is 1. The lowest BCUT2D eigenvalue weighted by Crippen LogP contribution is -2.10. The lowest BCUT2D eigenvalue weighted by molar-refractivity contribution is 0.468. The Bertz CT molecular complexity index is 894. The molecule has 0 bridgehead atoms. The molecule has 25 heavy (non-hydrogen) atoms. The van der Waals surface area contributed by atoms with Crippen LogP contribution in [0.3, 0.4) is 0 Å². The van der Waals surface area contributed by atoms with E-state index in [2.05, 4.69) is 4.98 Å². The summed E-state index contributed by atoms with van der Waals surface area (Å²) < 4.78 is 6.34. The van der Waals surface area contributed by atoms with Gasteiger partial charge >= 0.3 is 4.87 Å². The Hall–Kier alpha value is -2.05. The Kier molecular flexibility index (Phi) is 5.60. The van der Waals surface area contributed by atoms with Crippen LogP contribution < -0.4 is 10.6 Å². The van der Waals surface area contributed by atoms with Crippen LogP contribution in [0, 0.1) is 6.92 Å². The number of nitrogens with one attached hydrogen (secondary N) is 1. The van der Waals surface area contributed by atoms with E-state index in [4.69, 9.17) is 10.2 Å². The SMILES string of the molecule is Cc1ccc(CCCCCCC(N)c2ccc(O)c3[nH]c(=O)sc23)o1. The van der Waals surface area contributed by atoms with E-state index >= 15 is 0 Å². The number of aromatic amines is 1. The molecule has 2 heterocycles. The standard InChI is InChI=1S/C19H24N2O3S/c1-12-8-9-13(24-12)6-4-2-3-5-7-15(20)14-10-11-16(22)17-18(14)25-19(23)21-17/h8-11,15,22H,2-7,20H2,1H3,(H,21,23). The molecule has 5 nitrogen and oxygen atoms in total. The van der Waals surface area contributed by atoms with Crippen molar-refractivity contribution in [1.82, 2.24) is 4.98 Å². The molecule has 0 spiro atoms. The van der Waals surface area contributed by atoms with Gasteiger partial charge in [-0.1, -0.05) is 36.7 Å². The van der Waals surface area contributed by atoms with Crippen LogP contribution >= 0.6 is 11.3 Å². The molecule has 3 rings (SSSR count). The van der Waals surface area contributed by atoms with Gasteiger partial charge in [0.1, 0.15) is 22.8 Å². The number of hydrogen-bond donors (Lipinski definition) is 3. The fourth-order valence-electron chi connectivity index (χ4n) is 3.12. The predicted octanol–water partition coefficient (Wildman–Crippen LogP) is 4.39. The number of phenols is 1. The average Bonchev–Trinajstić information content (AvgIpc) is 3.16. The van der Waals surface area contributed by atoms with Gasteiger partial charge in [0.05, 0.1) is 4.70 Å². The number of aryl methyl sites for hydroxylation is 2. The number of thiazole rings is 1. The van der Waals surface area contributed by atoms with Crippen molar-refractivity contribution in [2.45, 2.75) is 51.5 Å². The number of nitrogens with two attached hydrogens (primary N) is 1. The molecular formula is C19H24N2O3S. The van der Waals surface area contributed by atoms with Gasteiger partial charge in [-0.25, -0.2) is 0 Å². The topological polar surface area (TPSA) is 92.2 Å². The summed E-state index contributed by atoms with van der Waals surface area (Å²) in [6.45, 7) is 1.96.